The van der Waals surface area contributed by atoms with Crippen LogP contribution in [-0.2, 0) is 11.2 Å². The standard InChI is InChI=1S/C21H25ClN2O2S/c1-4-27-20-10-7-18(22)11-17(20)12-21(25)24-23-13-16-5-8-19(9-6-16)26-14-15(2)3/h5-11,13,15H,4,12,14H2,1-3H3,(H,24,25)/b23-13-. The molecular weight excluding hydrogens is 380 g/mol. The van der Waals surface area contributed by atoms with E-state index in [-0.39, 0.29) is 12.3 Å². The van der Waals surface area contributed by atoms with Crippen LogP contribution in [0.2, 0.25) is 5.02 Å². The van der Waals surface area contributed by atoms with Crippen molar-refractivity contribution in [2.45, 2.75) is 32.1 Å². The molecule has 2 aromatic rings. The third-order valence-electron chi connectivity index (χ3n) is 3.54. The molecule has 144 valence electrons. The zero-order valence-electron chi connectivity index (χ0n) is 15.9. The van der Waals surface area contributed by atoms with Crippen LogP contribution >= 0.6 is 23.4 Å². The minimum atomic E-state index is -0.177. The quantitative estimate of drug-likeness (QED) is 0.356. The van der Waals surface area contributed by atoms with E-state index in [1.165, 1.54) is 0 Å². The molecule has 0 radical (unpaired) electrons. The molecule has 0 aliphatic heterocycles. The lowest BCUT2D eigenvalue weighted by molar-refractivity contribution is -0.120. The first-order valence-electron chi connectivity index (χ1n) is 8.94. The average molecular weight is 405 g/mol. The minimum absolute atomic E-state index is 0.177. The van der Waals surface area contributed by atoms with Crippen molar-refractivity contribution in [3.8, 4) is 5.75 Å². The van der Waals surface area contributed by atoms with Gasteiger partial charge in [-0.3, -0.25) is 4.79 Å². The van der Waals surface area contributed by atoms with Crippen molar-refractivity contribution in [2.24, 2.45) is 11.0 Å². The molecule has 0 aromatic heterocycles. The molecule has 27 heavy (non-hydrogen) atoms. The number of thioether (sulfide) groups is 1. The highest BCUT2D eigenvalue weighted by Gasteiger charge is 2.08. The van der Waals surface area contributed by atoms with Gasteiger partial charge >= 0.3 is 0 Å². The monoisotopic (exact) mass is 404 g/mol. The lowest BCUT2D eigenvalue weighted by atomic mass is 10.1. The van der Waals surface area contributed by atoms with Gasteiger partial charge in [-0.15, -0.1) is 11.8 Å². The Morgan fingerprint density at radius 2 is 2.00 bits per heavy atom. The number of rotatable bonds is 9. The molecule has 0 unspecified atom stereocenters. The fourth-order valence-corrected chi connectivity index (χ4v) is 3.27. The molecule has 2 aromatic carbocycles. The van der Waals surface area contributed by atoms with Crippen LogP contribution in [0.3, 0.4) is 0 Å². The number of ether oxygens (including phenoxy) is 1. The van der Waals surface area contributed by atoms with Crippen molar-refractivity contribution in [3.05, 3.63) is 58.6 Å². The Morgan fingerprint density at radius 3 is 2.67 bits per heavy atom. The van der Waals surface area contributed by atoms with E-state index in [9.17, 15) is 4.79 Å². The molecule has 0 fully saturated rings. The van der Waals surface area contributed by atoms with Gasteiger partial charge in [-0.25, -0.2) is 5.43 Å². The number of hydrazone groups is 1. The van der Waals surface area contributed by atoms with Gasteiger partial charge in [0.2, 0.25) is 5.91 Å². The van der Waals surface area contributed by atoms with E-state index in [1.54, 1.807) is 18.0 Å². The summed E-state index contributed by atoms with van der Waals surface area (Å²) in [5.41, 5.74) is 4.37. The normalized spacial score (nSPS) is 11.1. The van der Waals surface area contributed by atoms with Gasteiger partial charge in [-0.2, -0.15) is 5.10 Å². The van der Waals surface area contributed by atoms with Gasteiger partial charge in [0.25, 0.3) is 0 Å². The topological polar surface area (TPSA) is 50.7 Å². The summed E-state index contributed by atoms with van der Waals surface area (Å²) in [7, 11) is 0. The summed E-state index contributed by atoms with van der Waals surface area (Å²) in [6.07, 6.45) is 1.85. The maximum absolute atomic E-state index is 12.2. The van der Waals surface area contributed by atoms with Crippen LogP contribution in [0, 0.1) is 5.92 Å². The Morgan fingerprint density at radius 1 is 1.26 bits per heavy atom. The highest BCUT2D eigenvalue weighted by molar-refractivity contribution is 7.99. The number of hydrogen-bond acceptors (Lipinski definition) is 4. The Bertz CT molecular complexity index is 776. The molecule has 0 saturated carbocycles. The number of carbonyl (C=O) groups excluding carboxylic acids is 1. The van der Waals surface area contributed by atoms with Crippen molar-refractivity contribution in [1.29, 1.82) is 0 Å². The third-order valence-corrected chi connectivity index (χ3v) is 4.77. The first-order chi connectivity index (χ1) is 13.0. The molecule has 1 amide bonds. The smallest absolute Gasteiger partial charge is 0.244 e. The number of carbonyl (C=O) groups is 1. The molecule has 1 N–H and O–H groups in total. The Kier molecular flexibility index (Phi) is 8.69. The maximum atomic E-state index is 12.2. The molecular formula is C21H25ClN2O2S. The summed E-state index contributed by atoms with van der Waals surface area (Å²) in [6.45, 7) is 6.98. The van der Waals surface area contributed by atoms with Crippen molar-refractivity contribution >= 4 is 35.5 Å². The van der Waals surface area contributed by atoms with E-state index in [0.29, 0.717) is 17.5 Å². The molecule has 0 aliphatic rings. The van der Waals surface area contributed by atoms with Crippen LogP contribution in [0.5, 0.6) is 5.75 Å². The minimum Gasteiger partial charge on any atom is -0.493 e. The van der Waals surface area contributed by atoms with Crippen LogP contribution < -0.4 is 10.2 Å². The highest BCUT2D eigenvalue weighted by Crippen LogP contribution is 2.26. The van der Waals surface area contributed by atoms with Gasteiger partial charge in [-0.1, -0.05) is 32.4 Å². The molecule has 4 nitrogen and oxygen atoms in total. The molecule has 0 atom stereocenters. The van der Waals surface area contributed by atoms with Crippen molar-refractivity contribution in [2.75, 3.05) is 12.4 Å². The Labute approximate surface area is 170 Å². The second-order valence-corrected chi connectivity index (χ2v) is 8.17. The summed E-state index contributed by atoms with van der Waals surface area (Å²) < 4.78 is 5.65. The highest BCUT2D eigenvalue weighted by atomic mass is 35.5. The molecule has 0 heterocycles. The number of nitrogens with zero attached hydrogens (tertiary/aromatic N) is 1. The molecule has 0 bridgehead atoms. The molecule has 6 heteroatoms. The average Bonchev–Trinajstić information content (AvgIpc) is 2.63. The van der Waals surface area contributed by atoms with Crippen molar-refractivity contribution in [1.82, 2.24) is 5.43 Å². The first kappa shape index (κ1) is 21.3. The van der Waals surface area contributed by atoms with Gasteiger partial charge in [0.05, 0.1) is 19.2 Å². The van der Waals surface area contributed by atoms with Crippen LogP contribution in [-0.4, -0.2) is 24.5 Å². The summed E-state index contributed by atoms with van der Waals surface area (Å²) in [6, 6.07) is 13.2. The fraction of sp³-hybridized carbons (Fsp3) is 0.333. The lowest BCUT2D eigenvalue weighted by Gasteiger charge is -2.08. The van der Waals surface area contributed by atoms with E-state index in [4.69, 9.17) is 16.3 Å². The predicted octanol–water partition coefficient (Wildman–Crippen LogP) is 5.18. The summed E-state index contributed by atoms with van der Waals surface area (Å²) in [5, 5.41) is 4.66. The maximum Gasteiger partial charge on any atom is 0.244 e. The van der Waals surface area contributed by atoms with Gasteiger partial charge < -0.3 is 4.74 Å². The van der Waals surface area contributed by atoms with Gasteiger partial charge in [-0.05, 0) is 65.3 Å². The number of amides is 1. The van der Waals surface area contributed by atoms with Crippen LogP contribution in [0.4, 0.5) is 0 Å². The fourth-order valence-electron chi connectivity index (χ4n) is 2.29. The molecule has 0 spiro atoms. The van der Waals surface area contributed by atoms with E-state index in [2.05, 4.69) is 31.3 Å². The number of nitrogens with one attached hydrogen (secondary N) is 1. The summed E-state index contributed by atoms with van der Waals surface area (Å²) >= 11 is 7.75. The van der Waals surface area contributed by atoms with E-state index < -0.39 is 0 Å². The van der Waals surface area contributed by atoms with Crippen LogP contribution in [0.25, 0.3) is 0 Å². The van der Waals surface area contributed by atoms with Crippen LogP contribution in [0.1, 0.15) is 31.9 Å². The number of benzene rings is 2. The molecule has 0 saturated heterocycles. The molecule has 2 rings (SSSR count). The largest absolute Gasteiger partial charge is 0.493 e. The number of halogens is 1. The second-order valence-electron chi connectivity index (χ2n) is 6.43. The van der Waals surface area contributed by atoms with E-state index >= 15 is 0 Å². The van der Waals surface area contributed by atoms with E-state index in [1.807, 2.05) is 42.5 Å². The zero-order valence-corrected chi connectivity index (χ0v) is 17.4. The van der Waals surface area contributed by atoms with E-state index in [0.717, 1.165) is 27.5 Å². The van der Waals surface area contributed by atoms with Gasteiger partial charge in [0, 0.05) is 9.92 Å². The number of hydrogen-bond donors (Lipinski definition) is 1. The van der Waals surface area contributed by atoms with Gasteiger partial charge in [0.15, 0.2) is 0 Å². The lowest BCUT2D eigenvalue weighted by Crippen LogP contribution is -2.20. The zero-order chi connectivity index (χ0) is 19.6. The Balaban J connectivity index is 1.89. The first-order valence-corrected chi connectivity index (χ1v) is 10.3. The van der Waals surface area contributed by atoms with Crippen molar-refractivity contribution < 1.29 is 9.53 Å². The summed E-state index contributed by atoms with van der Waals surface area (Å²) in [5.74, 6) is 2.07. The molecule has 0 aliphatic carbocycles. The third kappa shape index (κ3) is 7.65. The van der Waals surface area contributed by atoms with Crippen LogP contribution in [0.15, 0.2) is 52.5 Å². The Hall–Kier alpha value is -1.98. The second kappa shape index (κ2) is 11.0. The van der Waals surface area contributed by atoms with Crippen molar-refractivity contribution in [3.63, 3.8) is 0 Å². The predicted molar refractivity (Wildman–Crippen MR) is 114 cm³/mol. The SMILES string of the molecule is CCSc1ccc(Cl)cc1CC(=O)N/N=C\c1ccc(OCC(C)C)cc1. The van der Waals surface area contributed by atoms with Gasteiger partial charge in [0.1, 0.15) is 5.75 Å². The summed E-state index contributed by atoms with van der Waals surface area (Å²) in [4.78, 5) is 13.2.